The van der Waals surface area contributed by atoms with Gasteiger partial charge in [0, 0.05) is 13.0 Å². The summed E-state index contributed by atoms with van der Waals surface area (Å²) in [6, 6.07) is 10.3. The highest BCUT2D eigenvalue weighted by Crippen LogP contribution is 2.02. The Morgan fingerprint density at radius 2 is 1.93 bits per heavy atom. The minimum Gasteiger partial charge on any atom is -0.377 e. The number of unbranched alkanes of at least 4 members (excludes halogenated alkanes) is 2. The summed E-state index contributed by atoms with van der Waals surface area (Å²) in [6.07, 6.45) is 3.22. The summed E-state index contributed by atoms with van der Waals surface area (Å²) in [5.41, 5.74) is 1.24. The van der Waals surface area contributed by atoms with Crippen LogP contribution in [0.1, 0.15) is 31.7 Å². The first-order valence-electron chi connectivity index (χ1n) is 5.45. The molecule has 0 aromatic heterocycles. The molecule has 0 spiro atoms. The lowest BCUT2D eigenvalue weighted by Crippen LogP contribution is -1.95. The molecule has 0 saturated carbocycles. The van der Waals surface area contributed by atoms with Crippen molar-refractivity contribution in [2.45, 2.75) is 32.8 Å². The Morgan fingerprint density at radius 1 is 1.13 bits per heavy atom. The Balaban J connectivity index is 1.99. The zero-order chi connectivity index (χ0) is 10.8. The van der Waals surface area contributed by atoms with E-state index < -0.39 is 0 Å². The van der Waals surface area contributed by atoms with Gasteiger partial charge in [-0.1, -0.05) is 30.3 Å². The van der Waals surface area contributed by atoms with Crippen molar-refractivity contribution in [3.63, 3.8) is 0 Å². The quantitative estimate of drug-likeness (QED) is 0.507. The van der Waals surface area contributed by atoms with Crippen molar-refractivity contribution in [1.82, 2.24) is 0 Å². The fraction of sp³-hybridized carbons (Fsp3) is 0.429. The molecule has 0 heterocycles. The van der Waals surface area contributed by atoms with Crippen molar-refractivity contribution in [3.05, 3.63) is 35.9 Å². The van der Waals surface area contributed by atoms with E-state index in [4.69, 9.17) is 4.74 Å². The summed E-state index contributed by atoms with van der Waals surface area (Å²) in [7, 11) is 0. The highest BCUT2D eigenvalue weighted by molar-refractivity contribution is 5.13. The van der Waals surface area contributed by atoms with E-state index >= 15 is 0 Å². The molecule has 1 rings (SSSR count). The highest BCUT2D eigenvalue weighted by Gasteiger charge is 1.91. The van der Waals surface area contributed by atoms with Gasteiger partial charge in [0.2, 0.25) is 0 Å². The number of rotatable bonds is 6. The maximum atomic E-state index is 5.55. The zero-order valence-electron chi connectivity index (χ0n) is 9.33. The predicted molar refractivity (Wildman–Crippen MR) is 63.4 cm³/mol. The van der Waals surface area contributed by atoms with Gasteiger partial charge in [-0.25, -0.2) is 0 Å². The molecule has 80 valence electrons. The number of hydrogen-bond acceptors (Lipinski definition) is 1. The predicted octanol–water partition coefficient (Wildman–Crippen LogP) is 3.40. The SMILES string of the molecule is CC#CCCCCOCc1ccccc1. The molecular weight excluding hydrogens is 184 g/mol. The van der Waals surface area contributed by atoms with Gasteiger partial charge in [-0.3, -0.25) is 0 Å². The van der Waals surface area contributed by atoms with Crippen LogP contribution in [0.4, 0.5) is 0 Å². The molecule has 1 heteroatoms. The van der Waals surface area contributed by atoms with Gasteiger partial charge in [0.15, 0.2) is 0 Å². The Morgan fingerprint density at radius 3 is 2.67 bits per heavy atom. The summed E-state index contributed by atoms with van der Waals surface area (Å²) in [6.45, 7) is 3.44. The van der Waals surface area contributed by atoms with Crippen molar-refractivity contribution >= 4 is 0 Å². The Labute approximate surface area is 92.5 Å². The molecule has 0 atom stereocenters. The molecule has 0 aliphatic rings. The Bertz CT molecular complexity index is 305. The second-order valence-corrected chi connectivity index (χ2v) is 3.42. The first-order chi connectivity index (χ1) is 7.43. The maximum absolute atomic E-state index is 5.55. The number of ether oxygens (including phenoxy) is 1. The van der Waals surface area contributed by atoms with Gasteiger partial charge < -0.3 is 4.74 Å². The lowest BCUT2D eigenvalue weighted by molar-refractivity contribution is 0.117. The van der Waals surface area contributed by atoms with Gasteiger partial charge in [0.25, 0.3) is 0 Å². The van der Waals surface area contributed by atoms with Gasteiger partial charge >= 0.3 is 0 Å². The molecule has 15 heavy (non-hydrogen) atoms. The zero-order valence-corrected chi connectivity index (χ0v) is 9.33. The van der Waals surface area contributed by atoms with E-state index in [2.05, 4.69) is 24.0 Å². The van der Waals surface area contributed by atoms with Gasteiger partial charge in [0.05, 0.1) is 6.61 Å². The summed E-state index contributed by atoms with van der Waals surface area (Å²) < 4.78 is 5.55. The molecule has 1 nitrogen and oxygen atoms in total. The maximum Gasteiger partial charge on any atom is 0.0716 e. The monoisotopic (exact) mass is 202 g/mol. The second kappa shape index (κ2) is 8.08. The third kappa shape index (κ3) is 5.93. The largest absolute Gasteiger partial charge is 0.377 e. The summed E-state index contributed by atoms with van der Waals surface area (Å²) in [5.74, 6) is 5.94. The average Bonchev–Trinajstić information content (AvgIpc) is 2.29. The van der Waals surface area contributed by atoms with Crippen LogP contribution in [-0.4, -0.2) is 6.61 Å². The van der Waals surface area contributed by atoms with E-state index in [1.165, 1.54) is 5.56 Å². The van der Waals surface area contributed by atoms with Crippen LogP contribution < -0.4 is 0 Å². The molecule has 1 aromatic carbocycles. The fourth-order valence-corrected chi connectivity index (χ4v) is 1.31. The number of hydrogen-bond donors (Lipinski definition) is 0. The van der Waals surface area contributed by atoms with Crippen LogP contribution in [0.3, 0.4) is 0 Å². The van der Waals surface area contributed by atoms with E-state index in [1.807, 2.05) is 25.1 Å². The van der Waals surface area contributed by atoms with Crippen LogP contribution in [-0.2, 0) is 11.3 Å². The smallest absolute Gasteiger partial charge is 0.0716 e. The molecule has 0 saturated heterocycles. The molecule has 0 aliphatic heterocycles. The van der Waals surface area contributed by atoms with Gasteiger partial charge in [-0.15, -0.1) is 11.8 Å². The van der Waals surface area contributed by atoms with Crippen LogP contribution in [0.25, 0.3) is 0 Å². The van der Waals surface area contributed by atoms with Gasteiger partial charge in [0.1, 0.15) is 0 Å². The summed E-state index contributed by atoms with van der Waals surface area (Å²) in [4.78, 5) is 0. The molecular formula is C14H18O. The standard InChI is InChI=1S/C14H18O/c1-2-3-4-5-9-12-15-13-14-10-7-6-8-11-14/h6-8,10-11H,4-5,9,12-13H2,1H3. The average molecular weight is 202 g/mol. The normalized spacial score (nSPS) is 9.40. The second-order valence-electron chi connectivity index (χ2n) is 3.42. The van der Waals surface area contributed by atoms with E-state index in [0.29, 0.717) is 0 Å². The Hall–Kier alpha value is -1.26. The molecule has 0 radical (unpaired) electrons. The number of benzene rings is 1. The third-order valence-corrected chi connectivity index (χ3v) is 2.13. The molecule has 0 fully saturated rings. The summed E-state index contributed by atoms with van der Waals surface area (Å²) in [5, 5.41) is 0. The van der Waals surface area contributed by atoms with E-state index in [-0.39, 0.29) is 0 Å². The molecule has 0 aliphatic carbocycles. The molecule has 0 bridgehead atoms. The minimum absolute atomic E-state index is 0.723. The van der Waals surface area contributed by atoms with Gasteiger partial charge in [-0.05, 0) is 25.3 Å². The molecule has 0 N–H and O–H groups in total. The van der Waals surface area contributed by atoms with Crippen molar-refractivity contribution in [2.75, 3.05) is 6.61 Å². The third-order valence-electron chi connectivity index (χ3n) is 2.13. The summed E-state index contributed by atoms with van der Waals surface area (Å²) >= 11 is 0. The van der Waals surface area contributed by atoms with Crippen LogP contribution in [0, 0.1) is 11.8 Å². The minimum atomic E-state index is 0.723. The van der Waals surface area contributed by atoms with Crippen LogP contribution in [0.5, 0.6) is 0 Å². The first kappa shape index (κ1) is 11.8. The molecule has 0 unspecified atom stereocenters. The van der Waals surface area contributed by atoms with Gasteiger partial charge in [-0.2, -0.15) is 0 Å². The molecule has 1 aromatic rings. The molecule has 0 amide bonds. The van der Waals surface area contributed by atoms with E-state index in [9.17, 15) is 0 Å². The topological polar surface area (TPSA) is 9.23 Å². The lowest BCUT2D eigenvalue weighted by Gasteiger charge is -2.02. The highest BCUT2D eigenvalue weighted by atomic mass is 16.5. The van der Waals surface area contributed by atoms with Crippen molar-refractivity contribution < 1.29 is 4.74 Å². The van der Waals surface area contributed by atoms with Crippen LogP contribution >= 0.6 is 0 Å². The fourth-order valence-electron chi connectivity index (χ4n) is 1.31. The van der Waals surface area contributed by atoms with E-state index in [0.717, 1.165) is 32.5 Å². The first-order valence-corrected chi connectivity index (χ1v) is 5.45. The van der Waals surface area contributed by atoms with Crippen molar-refractivity contribution in [1.29, 1.82) is 0 Å². The van der Waals surface area contributed by atoms with Crippen molar-refractivity contribution in [2.24, 2.45) is 0 Å². The van der Waals surface area contributed by atoms with Crippen LogP contribution in [0.15, 0.2) is 30.3 Å². The van der Waals surface area contributed by atoms with Crippen molar-refractivity contribution in [3.8, 4) is 11.8 Å². The Kier molecular flexibility index (Phi) is 6.36. The van der Waals surface area contributed by atoms with Crippen LogP contribution in [0.2, 0.25) is 0 Å². The van der Waals surface area contributed by atoms with E-state index in [1.54, 1.807) is 0 Å². The lowest BCUT2D eigenvalue weighted by atomic mass is 10.2.